The molecule has 2 rings (SSSR count). The number of nitrogens with zero attached hydrogens (tertiary/aromatic N) is 2. The number of para-hydroxylation sites is 2. The van der Waals surface area contributed by atoms with Crippen molar-refractivity contribution < 1.29 is 9.72 Å². The van der Waals surface area contributed by atoms with Crippen molar-refractivity contribution in [3.05, 3.63) is 34.4 Å². The monoisotopic (exact) mass is 361 g/mol. The smallest absolute Gasteiger partial charge is 0.292 e. The topological polar surface area (TPSA) is 75.5 Å². The van der Waals surface area contributed by atoms with E-state index >= 15 is 0 Å². The fourth-order valence-corrected chi connectivity index (χ4v) is 3.60. The Morgan fingerprint density at radius 3 is 2.62 bits per heavy atom. The Balaban J connectivity index is 1.84. The zero-order chi connectivity index (χ0) is 18.9. The van der Waals surface area contributed by atoms with Gasteiger partial charge >= 0.3 is 0 Å². The minimum atomic E-state index is -0.338. The van der Waals surface area contributed by atoms with E-state index in [1.54, 1.807) is 12.1 Å². The molecular weight excluding hydrogens is 330 g/mol. The summed E-state index contributed by atoms with van der Waals surface area (Å²) in [6, 6.07) is 6.83. The molecule has 1 fully saturated rings. The Kier molecular flexibility index (Phi) is 7.88. The van der Waals surface area contributed by atoms with Crippen LogP contribution in [0.1, 0.15) is 52.4 Å². The molecule has 1 atom stereocenters. The maximum atomic E-state index is 12.5. The second kappa shape index (κ2) is 10.1. The molecule has 0 bridgehead atoms. The lowest BCUT2D eigenvalue weighted by Gasteiger charge is -2.32. The summed E-state index contributed by atoms with van der Waals surface area (Å²) in [5, 5.41) is 14.3. The molecule has 1 heterocycles. The first kappa shape index (κ1) is 20.2. The summed E-state index contributed by atoms with van der Waals surface area (Å²) in [4.78, 5) is 25.4. The zero-order valence-corrected chi connectivity index (χ0v) is 15.9. The summed E-state index contributed by atoms with van der Waals surface area (Å²) in [6.45, 7) is 6.49. The quantitative estimate of drug-likeness (QED) is 0.530. The SMILES string of the molecule is CCCCC(CC)CNC(=O)C1CCN(c2ccccc2[N+](=O)[O-])CC1. The number of rotatable bonds is 9. The molecule has 6 heteroatoms. The molecule has 0 spiro atoms. The molecule has 1 saturated heterocycles. The highest BCUT2D eigenvalue weighted by Crippen LogP contribution is 2.31. The van der Waals surface area contributed by atoms with Crippen LogP contribution >= 0.6 is 0 Å². The number of carbonyl (C=O) groups excluding carboxylic acids is 1. The van der Waals surface area contributed by atoms with Gasteiger partial charge in [0.2, 0.25) is 5.91 Å². The maximum Gasteiger partial charge on any atom is 0.292 e. The van der Waals surface area contributed by atoms with Crippen LogP contribution in [0.2, 0.25) is 0 Å². The zero-order valence-electron chi connectivity index (χ0n) is 15.9. The van der Waals surface area contributed by atoms with Crippen molar-refractivity contribution in [2.75, 3.05) is 24.5 Å². The number of hydrogen-bond donors (Lipinski definition) is 1. The number of carbonyl (C=O) groups is 1. The molecule has 0 aromatic heterocycles. The van der Waals surface area contributed by atoms with E-state index in [1.807, 2.05) is 11.0 Å². The van der Waals surface area contributed by atoms with Gasteiger partial charge < -0.3 is 10.2 Å². The molecule has 1 unspecified atom stereocenters. The average Bonchev–Trinajstić information content (AvgIpc) is 2.68. The summed E-state index contributed by atoms with van der Waals surface area (Å²) in [6.07, 6.45) is 6.14. The van der Waals surface area contributed by atoms with E-state index in [0.29, 0.717) is 24.7 Å². The molecule has 1 aliphatic heterocycles. The van der Waals surface area contributed by atoms with Gasteiger partial charge in [-0.2, -0.15) is 0 Å². The van der Waals surface area contributed by atoms with E-state index in [0.717, 1.165) is 25.8 Å². The van der Waals surface area contributed by atoms with Crippen LogP contribution in [-0.2, 0) is 4.79 Å². The summed E-state index contributed by atoms with van der Waals surface area (Å²) in [7, 11) is 0. The third-order valence-corrected chi connectivity index (χ3v) is 5.39. The van der Waals surface area contributed by atoms with Crippen LogP contribution in [0.25, 0.3) is 0 Å². The number of nitro groups is 1. The summed E-state index contributed by atoms with van der Waals surface area (Å²) in [5.74, 6) is 0.714. The number of amides is 1. The van der Waals surface area contributed by atoms with E-state index in [4.69, 9.17) is 0 Å². The van der Waals surface area contributed by atoms with Crippen molar-refractivity contribution in [3.63, 3.8) is 0 Å². The first-order valence-electron chi connectivity index (χ1n) is 9.82. The maximum absolute atomic E-state index is 12.5. The van der Waals surface area contributed by atoms with Crippen molar-refractivity contribution in [1.82, 2.24) is 5.32 Å². The number of anilines is 1. The number of nitrogens with one attached hydrogen (secondary N) is 1. The van der Waals surface area contributed by atoms with Gasteiger partial charge in [-0.05, 0) is 31.2 Å². The van der Waals surface area contributed by atoms with Crippen LogP contribution in [0.3, 0.4) is 0 Å². The normalized spacial score (nSPS) is 16.3. The lowest BCUT2D eigenvalue weighted by molar-refractivity contribution is -0.384. The molecule has 1 aliphatic rings. The third kappa shape index (κ3) is 5.44. The Morgan fingerprint density at radius 2 is 2.00 bits per heavy atom. The van der Waals surface area contributed by atoms with Crippen molar-refractivity contribution >= 4 is 17.3 Å². The molecule has 144 valence electrons. The molecule has 6 nitrogen and oxygen atoms in total. The van der Waals surface area contributed by atoms with Crippen molar-refractivity contribution in [1.29, 1.82) is 0 Å². The molecule has 26 heavy (non-hydrogen) atoms. The largest absolute Gasteiger partial charge is 0.366 e. The van der Waals surface area contributed by atoms with Crippen molar-refractivity contribution in [2.24, 2.45) is 11.8 Å². The van der Waals surface area contributed by atoms with Crippen molar-refractivity contribution in [3.8, 4) is 0 Å². The first-order valence-corrected chi connectivity index (χ1v) is 9.82. The van der Waals surface area contributed by atoms with Gasteiger partial charge in [0.25, 0.3) is 5.69 Å². The van der Waals surface area contributed by atoms with Gasteiger partial charge in [0, 0.05) is 31.6 Å². The van der Waals surface area contributed by atoms with Gasteiger partial charge in [0.15, 0.2) is 0 Å². The predicted octanol–water partition coefficient (Wildman–Crippen LogP) is 4.14. The average molecular weight is 361 g/mol. The van der Waals surface area contributed by atoms with Gasteiger partial charge in [-0.15, -0.1) is 0 Å². The van der Waals surface area contributed by atoms with E-state index in [-0.39, 0.29) is 22.4 Å². The van der Waals surface area contributed by atoms with Crippen molar-refractivity contribution in [2.45, 2.75) is 52.4 Å². The highest BCUT2D eigenvalue weighted by atomic mass is 16.6. The van der Waals surface area contributed by atoms with Gasteiger partial charge in [-0.3, -0.25) is 14.9 Å². The highest BCUT2D eigenvalue weighted by Gasteiger charge is 2.28. The summed E-state index contributed by atoms with van der Waals surface area (Å²) >= 11 is 0. The number of nitro benzene ring substituents is 1. The highest BCUT2D eigenvalue weighted by molar-refractivity contribution is 5.79. The molecule has 0 saturated carbocycles. The van der Waals surface area contributed by atoms with Gasteiger partial charge in [-0.1, -0.05) is 45.2 Å². The number of hydrogen-bond acceptors (Lipinski definition) is 4. The van der Waals surface area contributed by atoms with Gasteiger partial charge in [-0.25, -0.2) is 0 Å². The molecule has 1 aromatic rings. The van der Waals surface area contributed by atoms with E-state index in [2.05, 4.69) is 19.2 Å². The molecule has 0 radical (unpaired) electrons. The first-order chi connectivity index (χ1) is 12.6. The minimum absolute atomic E-state index is 0.0118. The molecular formula is C20H31N3O3. The Morgan fingerprint density at radius 1 is 1.31 bits per heavy atom. The van der Waals surface area contributed by atoms with E-state index < -0.39 is 0 Å². The molecule has 1 amide bonds. The fourth-order valence-electron chi connectivity index (χ4n) is 3.60. The van der Waals surface area contributed by atoms with Crippen LogP contribution in [0, 0.1) is 22.0 Å². The van der Waals surface area contributed by atoms with Crippen LogP contribution in [0.4, 0.5) is 11.4 Å². The standard InChI is InChI=1S/C20H31N3O3/c1-3-5-8-16(4-2)15-21-20(24)17-11-13-22(14-12-17)18-9-6-7-10-19(18)23(25)26/h6-7,9-10,16-17H,3-5,8,11-15H2,1-2H3,(H,21,24). The van der Waals surface area contributed by atoms with Crippen LogP contribution in [0.15, 0.2) is 24.3 Å². The van der Waals surface area contributed by atoms with Crippen LogP contribution in [-0.4, -0.2) is 30.5 Å². The second-order valence-electron chi connectivity index (χ2n) is 7.17. The number of unbranched alkanes of at least 4 members (excludes halogenated alkanes) is 1. The second-order valence-corrected chi connectivity index (χ2v) is 7.17. The number of benzene rings is 1. The summed E-state index contributed by atoms with van der Waals surface area (Å²) in [5.41, 5.74) is 0.791. The van der Waals surface area contributed by atoms with Gasteiger partial charge in [0.05, 0.1) is 4.92 Å². The lowest BCUT2D eigenvalue weighted by atomic mass is 9.94. The predicted molar refractivity (Wildman–Crippen MR) is 104 cm³/mol. The minimum Gasteiger partial charge on any atom is -0.366 e. The van der Waals surface area contributed by atoms with E-state index in [1.165, 1.54) is 25.3 Å². The Labute approximate surface area is 156 Å². The van der Waals surface area contributed by atoms with Gasteiger partial charge in [0.1, 0.15) is 5.69 Å². The van der Waals surface area contributed by atoms with Crippen LogP contribution in [0.5, 0.6) is 0 Å². The molecule has 0 aliphatic carbocycles. The van der Waals surface area contributed by atoms with E-state index in [9.17, 15) is 14.9 Å². The van der Waals surface area contributed by atoms with Crippen LogP contribution < -0.4 is 10.2 Å². The number of piperidine rings is 1. The Hall–Kier alpha value is -2.11. The molecule has 1 N–H and O–H groups in total. The fraction of sp³-hybridized carbons (Fsp3) is 0.650. The molecule has 1 aromatic carbocycles. The Bertz CT molecular complexity index is 598. The lowest BCUT2D eigenvalue weighted by Crippen LogP contribution is -2.41. The summed E-state index contributed by atoms with van der Waals surface area (Å²) < 4.78 is 0. The third-order valence-electron chi connectivity index (χ3n) is 5.39.